The van der Waals surface area contributed by atoms with Crippen molar-refractivity contribution in [1.29, 1.82) is 5.26 Å². The third-order valence-electron chi connectivity index (χ3n) is 3.54. The van der Waals surface area contributed by atoms with Gasteiger partial charge in [-0.05, 0) is 18.6 Å². The van der Waals surface area contributed by atoms with Crippen LogP contribution in [0.15, 0.2) is 24.3 Å². The summed E-state index contributed by atoms with van der Waals surface area (Å²) in [6.07, 6.45) is 1.48. The molecule has 1 amide bonds. The maximum atomic E-state index is 12.5. The zero-order valence-electron chi connectivity index (χ0n) is 11.5. The number of fused-ring (bicyclic) bond motifs is 1. The predicted octanol–water partition coefficient (Wildman–Crippen LogP) is 2.41. The van der Waals surface area contributed by atoms with Crippen LogP contribution in [0.25, 0.3) is 0 Å². The third kappa shape index (κ3) is 2.55. The second-order valence-corrected chi connectivity index (χ2v) is 4.87. The van der Waals surface area contributed by atoms with E-state index >= 15 is 0 Å². The zero-order valence-corrected chi connectivity index (χ0v) is 11.5. The third-order valence-corrected chi connectivity index (χ3v) is 3.54. The Morgan fingerprint density at radius 2 is 2.05 bits per heavy atom. The Morgan fingerprint density at radius 3 is 2.68 bits per heavy atom. The number of hydrogen-bond acceptors (Lipinski definition) is 3. The second kappa shape index (κ2) is 5.75. The van der Waals surface area contributed by atoms with Gasteiger partial charge in [0.1, 0.15) is 5.92 Å². The number of carbonyl (C=O) groups excluding carboxylic acids is 1. The summed E-state index contributed by atoms with van der Waals surface area (Å²) in [7, 11) is 2.02. The Kier molecular flexibility index (Phi) is 4.06. The monoisotopic (exact) mass is 257 g/mol. The number of rotatable bonds is 3. The normalized spacial score (nSPS) is 15.6. The standard InChI is InChI=1S/C15H19N3O/c1-3-6-12(11-16)15(19)18-10-9-17(2)13-7-4-5-8-14(13)18/h4-5,7-8,12H,3,6,9-10H2,1-2H3. The Labute approximate surface area is 114 Å². The van der Waals surface area contributed by atoms with Crippen LogP contribution in [0.3, 0.4) is 0 Å². The quantitative estimate of drug-likeness (QED) is 0.835. The van der Waals surface area contributed by atoms with Crippen molar-refractivity contribution in [3.8, 4) is 6.07 Å². The van der Waals surface area contributed by atoms with E-state index in [-0.39, 0.29) is 5.91 Å². The molecule has 0 bridgehead atoms. The molecule has 0 saturated heterocycles. The van der Waals surface area contributed by atoms with Crippen LogP contribution in [-0.2, 0) is 4.79 Å². The summed E-state index contributed by atoms with van der Waals surface area (Å²) in [6.45, 7) is 3.44. The van der Waals surface area contributed by atoms with E-state index in [9.17, 15) is 4.79 Å². The van der Waals surface area contributed by atoms with E-state index in [1.165, 1.54) is 0 Å². The first kappa shape index (κ1) is 13.4. The van der Waals surface area contributed by atoms with Crippen LogP contribution in [0.2, 0.25) is 0 Å². The molecule has 1 atom stereocenters. The van der Waals surface area contributed by atoms with Crippen LogP contribution in [0.1, 0.15) is 19.8 Å². The molecule has 1 aliphatic heterocycles. The maximum absolute atomic E-state index is 12.5. The van der Waals surface area contributed by atoms with Crippen molar-refractivity contribution in [3.63, 3.8) is 0 Å². The van der Waals surface area contributed by atoms with Crippen LogP contribution in [0.4, 0.5) is 11.4 Å². The van der Waals surface area contributed by atoms with E-state index in [0.29, 0.717) is 13.0 Å². The fourth-order valence-electron chi connectivity index (χ4n) is 2.46. The Balaban J connectivity index is 2.30. The molecule has 0 spiro atoms. The second-order valence-electron chi connectivity index (χ2n) is 4.87. The van der Waals surface area contributed by atoms with Crippen molar-refractivity contribution in [3.05, 3.63) is 24.3 Å². The van der Waals surface area contributed by atoms with Crippen LogP contribution in [0, 0.1) is 17.2 Å². The first-order chi connectivity index (χ1) is 9.19. The number of hydrogen-bond donors (Lipinski definition) is 0. The summed E-state index contributed by atoms with van der Waals surface area (Å²) < 4.78 is 0. The van der Waals surface area contributed by atoms with Gasteiger partial charge in [0.05, 0.1) is 17.4 Å². The van der Waals surface area contributed by atoms with Gasteiger partial charge in [0.25, 0.3) is 0 Å². The molecule has 100 valence electrons. The number of nitrogens with zero attached hydrogens (tertiary/aromatic N) is 3. The van der Waals surface area contributed by atoms with E-state index in [0.717, 1.165) is 24.3 Å². The van der Waals surface area contributed by atoms with Crippen molar-refractivity contribution in [2.45, 2.75) is 19.8 Å². The van der Waals surface area contributed by atoms with Gasteiger partial charge < -0.3 is 9.80 Å². The van der Waals surface area contributed by atoms with Crippen molar-refractivity contribution in [1.82, 2.24) is 0 Å². The molecule has 0 N–H and O–H groups in total. The number of benzene rings is 1. The lowest BCUT2D eigenvalue weighted by atomic mass is 10.0. The highest BCUT2D eigenvalue weighted by Crippen LogP contribution is 2.32. The lowest BCUT2D eigenvalue weighted by molar-refractivity contribution is -0.121. The van der Waals surface area contributed by atoms with Gasteiger partial charge in [0.15, 0.2) is 0 Å². The van der Waals surface area contributed by atoms with Gasteiger partial charge in [-0.1, -0.05) is 25.5 Å². The van der Waals surface area contributed by atoms with Crippen molar-refractivity contribution >= 4 is 17.3 Å². The summed E-state index contributed by atoms with van der Waals surface area (Å²) in [5.74, 6) is -0.591. The van der Waals surface area contributed by atoms with Gasteiger partial charge in [0, 0.05) is 20.1 Å². The molecule has 2 rings (SSSR count). The molecular formula is C15H19N3O. The average molecular weight is 257 g/mol. The van der Waals surface area contributed by atoms with Gasteiger partial charge in [-0.3, -0.25) is 4.79 Å². The van der Waals surface area contributed by atoms with E-state index in [4.69, 9.17) is 5.26 Å². The molecule has 0 aromatic heterocycles. The number of likely N-dealkylation sites (N-methyl/N-ethyl adjacent to an activating group) is 1. The lowest BCUT2D eigenvalue weighted by Crippen LogP contribution is -2.45. The van der Waals surface area contributed by atoms with Crippen LogP contribution >= 0.6 is 0 Å². The summed E-state index contributed by atoms with van der Waals surface area (Å²) in [4.78, 5) is 16.4. The number of para-hydroxylation sites is 2. The molecule has 0 saturated carbocycles. The van der Waals surface area contributed by atoms with E-state index < -0.39 is 5.92 Å². The minimum atomic E-state index is -0.526. The Morgan fingerprint density at radius 1 is 1.37 bits per heavy atom. The van der Waals surface area contributed by atoms with Crippen LogP contribution in [0.5, 0.6) is 0 Å². The average Bonchev–Trinajstić information content (AvgIpc) is 2.45. The zero-order chi connectivity index (χ0) is 13.8. The van der Waals surface area contributed by atoms with E-state index in [2.05, 4.69) is 11.0 Å². The molecule has 4 heteroatoms. The summed E-state index contributed by atoms with van der Waals surface area (Å²) in [6, 6.07) is 9.99. The number of amides is 1. The topological polar surface area (TPSA) is 47.3 Å². The Bertz CT molecular complexity index is 506. The van der Waals surface area contributed by atoms with Gasteiger partial charge in [-0.2, -0.15) is 5.26 Å². The minimum Gasteiger partial charge on any atom is -0.371 e. The first-order valence-electron chi connectivity index (χ1n) is 6.70. The molecule has 1 heterocycles. The molecule has 19 heavy (non-hydrogen) atoms. The maximum Gasteiger partial charge on any atom is 0.244 e. The number of nitriles is 1. The minimum absolute atomic E-state index is 0.0649. The molecule has 1 unspecified atom stereocenters. The smallest absolute Gasteiger partial charge is 0.244 e. The summed E-state index contributed by atoms with van der Waals surface area (Å²) in [5.41, 5.74) is 1.97. The summed E-state index contributed by atoms with van der Waals surface area (Å²) in [5, 5.41) is 9.15. The van der Waals surface area contributed by atoms with Gasteiger partial charge in [-0.25, -0.2) is 0 Å². The molecule has 0 radical (unpaired) electrons. The molecule has 0 aliphatic carbocycles. The fraction of sp³-hybridized carbons (Fsp3) is 0.467. The fourth-order valence-corrected chi connectivity index (χ4v) is 2.46. The first-order valence-corrected chi connectivity index (χ1v) is 6.70. The number of anilines is 2. The SMILES string of the molecule is CCCC(C#N)C(=O)N1CCN(C)c2ccccc21. The highest BCUT2D eigenvalue weighted by Gasteiger charge is 2.29. The molecule has 1 aromatic carbocycles. The largest absolute Gasteiger partial charge is 0.371 e. The van der Waals surface area contributed by atoms with Crippen molar-refractivity contribution in [2.24, 2.45) is 5.92 Å². The van der Waals surface area contributed by atoms with Crippen LogP contribution < -0.4 is 9.80 Å². The van der Waals surface area contributed by atoms with E-state index in [1.54, 1.807) is 4.90 Å². The Hall–Kier alpha value is -2.02. The molecule has 0 fully saturated rings. The van der Waals surface area contributed by atoms with Gasteiger partial charge in [-0.15, -0.1) is 0 Å². The lowest BCUT2D eigenvalue weighted by Gasteiger charge is -2.36. The number of carbonyl (C=O) groups is 1. The predicted molar refractivity (Wildman–Crippen MR) is 76.1 cm³/mol. The van der Waals surface area contributed by atoms with Crippen molar-refractivity contribution in [2.75, 3.05) is 29.9 Å². The highest BCUT2D eigenvalue weighted by atomic mass is 16.2. The molecular weight excluding hydrogens is 238 g/mol. The van der Waals surface area contributed by atoms with Crippen LogP contribution in [-0.4, -0.2) is 26.0 Å². The summed E-state index contributed by atoms with van der Waals surface area (Å²) >= 11 is 0. The molecule has 1 aliphatic rings. The van der Waals surface area contributed by atoms with Crippen molar-refractivity contribution < 1.29 is 4.79 Å². The molecule has 1 aromatic rings. The van der Waals surface area contributed by atoms with Gasteiger partial charge >= 0.3 is 0 Å². The van der Waals surface area contributed by atoms with Gasteiger partial charge in [0.2, 0.25) is 5.91 Å². The highest BCUT2D eigenvalue weighted by molar-refractivity contribution is 6.00. The molecule has 4 nitrogen and oxygen atoms in total. The van der Waals surface area contributed by atoms with E-state index in [1.807, 2.05) is 38.2 Å².